The summed E-state index contributed by atoms with van der Waals surface area (Å²) >= 11 is 1.07. The highest BCUT2D eigenvalue weighted by molar-refractivity contribution is 7.12. The van der Waals surface area contributed by atoms with E-state index in [9.17, 15) is 9.59 Å². The van der Waals surface area contributed by atoms with E-state index in [4.69, 9.17) is 5.11 Å². The number of thiophene rings is 1. The molecule has 0 aliphatic heterocycles. The first-order valence-electron chi connectivity index (χ1n) is 6.12. The van der Waals surface area contributed by atoms with Gasteiger partial charge in [0.25, 0.3) is 5.91 Å². The van der Waals surface area contributed by atoms with E-state index in [1.807, 2.05) is 12.1 Å². The number of rotatable bonds is 3. The molecule has 0 fully saturated rings. The molecule has 0 aliphatic carbocycles. The smallest absolute Gasteiger partial charge is 0.348 e. The highest BCUT2D eigenvalue weighted by Gasteiger charge is 2.16. The third-order valence-corrected chi connectivity index (χ3v) is 3.90. The molecule has 0 spiro atoms. The number of pyridine rings is 1. The van der Waals surface area contributed by atoms with Crippen molar-refractivity contribution in [2.24, 2.45) is 0 Å². The maximum atomic E-state index is 12.4. The van der Waals surface area contributed by atoms with Crippen molar-refractivity contribution in [3.05, 3.63) is 58.4 Å². The molecule has 2 aromatic heterocycles. The van der Waals surface area contributed by atoms with Gasteiger partial charge in [0.05, 0.1) is 11.2 Å². The van der Waals surface area contributed by atoms with Gasteiger partial charge in [0.15, 0.2) is 0 Å². The van der Waals surface area contributed by atoms with Crippen LogP contribution in [0.5, 0.6) is 0 Å². The summed E-state index contributed by atoms with van der Waals surface area (Å²) < 4.78 is 0. The predicted octanol–water partition coefficient (Wildman–Crippen LogP) is 3.25. The van der Waals surface area contributed by atoms with Gasteiger partial charge >= 0.3 is 5.97 Å². The maximum Gasteiger partial charge on any atom is 0.348 e. The number of amides is 1. The summed E-state index contributed by atoms with van der Waals surface area (Å²) in [6.45, 7) is 0. The molecule has 5 nitrogen and oxygen atoms in total. The van der Waals surface area contributed by atoms with Crippen LogP contribution in [0.3, 0.4) is 0 Å². The number of carboxylic acids is 1. The average molecular weight is 298 g/mol. The van der Waals surface area contributed by atoms with Gasteiger partial charge in [0, 0.05) is 17.1 Å². The van der Waals surface area contributed by atoms with E-state index >= 15 is 0 Å². The third-order valence-electron chi connectivity index (χ3n) is 3.00. The number of carbonyl (C=O) groups is 2. The van der Waals surface area contributed by atoms with E-state index in [0.717, 1.165) is 16.7 Å². The molecule has 104 valence electrons. The molecule has 2 N–H and O–H groups in total. The Morgan fingerprint density at radius 1 is 1.14 bits per heavy atom. The van der Waals surface area contributed by atoms with Crippen molar-refractivity contribution in [3.63, 3.8) is 0 Å². The summed E-state index contributed by atoms with van der Waals surface area (Å²) in [5, 5.41) is 14.1. The lowest BCUT2D eigenvalue weighted by molar-refractivity contribution is 0.0703. The highest BCUT2D eigenvalue weighted by atomic mass is 32.1. The molecule has 3 aromatic rings. The van der Waals surface area contributed by atoms with Crippen LogP contribution in [0.1, 0.15) is 20.0 Å². The zero-order chi connectivity index (χ0) is 14.8. The number of carboxylic acid groups (broad SMARTS) is 1. The Morgan fingerprint density at radius 3 is 2.81 bits per heavy atom. The molecule has 1 aromatic carbocycles. The fraction of sp³-hybridized carbons (Fsp3) is 0. The van der Waals surface area contributed by atoms with Gasteiger partial charge < -0.3 is 10.4 Å². The minimum atomic E-state index is -1.06. The fourth-order valence-electron chi connectivity index (χ4n) is 2.06. The zero-order valence-corrected chi connectivity index (χ0v) is 11.6. The van der Waals surface area contributed by atoms with Crippen molar-refractivity contribution in [2.75, 3.05) is 5.32 Å². The van der Waals surface area contributed by atoms with E-state index in [-0.39, 0.29) is 10.8 Å². The molecule has 21 heavy (non-hydrogen) atoms. The Kier molecular flexibility index (Phi) is 3.37. The summed E-state index contributed by atoms with van der Waals surface area (Å²) in [7, 11) is 0. The van der Waals surface area contributed by atoms with Crippen LogP contribution in [0, 0.1) is 0 Å². The SMILES string of the molecule is O=C(O)c1sccc1NC(=O)c1cccc2ncccc12. The van der Waals surface area contributed by atoms with Gasteiger partial charge in [-0.05, 0) is 29.6 Å². The van der Waals surface area contributed by atoms with Crippen molar-refractivity contribution >= 4 is 39.8 Å². The normalized spacial score (nSPS) is 10.5. The molecule has 6 heteroatoms. The summed E-state index contributed by atoms with van der Waals surface area (Å²) in [5.74, 6) is -1.41. The van der Waals surface area contributed by atoms with Crippen molar-refractivity contribution in [2.45, 2.75) is 0 Å². The second kappa shape index (κ2) is 5.34. The quantitative estimate of drug-likeness (QED) is 0.778. The number of nitrogens with one attached hydrogen (secondary N) is 1. The topological polar surface area (TPSA) is 79.3 Å². The number of benzene rings is 1. The predicted molar refractivity (Wildman–Crippen MR) is 81.0 cm³/mol. The van der Waals surface area contributed by atoms with Crippen LogP contribution < -0.4 is 5.32 Å². The van der Waals surface area contributed by atoms with Gasteiger partial charge in [0.2, 0.25) is 0 Å². The molecule has 1 amide bonds. The number of aromatic nitrogens is 1. The largest absolute Gasteiger partial charge is 0.477 e. The number of fused-ring (bicyclic) bond motifs is 1. The number of carbonyl (C=O) groups excluding carboxylic acids is 1. The molecular formula is C15H10N2O3S. The number of hydrogen-bond acceptors (Lipinski definition) is 4. The van der Waals surface area contributed by atoms with Gasteiger partial charge in [-0.3, -0.25) is 9.78 Å². The number of nitrogens with zero attached hydrogens (tertiary/aromatic N) is 1. The Bertz CT molecular complexity index is 836. The standard InChI is InChI=1S/C15H10N2O3S/c18-14(17-12-6-8-21-13(12)15(19)20)10-3-1-5-11-9(10)4-2-7-16-11/h1-8H,(H,17,18)(H,19,20). The van der Waals surface area contributed by atoms with E-state index in [0.29, 0.717) is 16.8 Å². The van der Waals surface area contributed by atoms with Gasteiger partial charge in [-0.1, -0.05) is 12.1 Å². The Labute approximate surface area is 123 Å². The maximum absolute atomic E-state index is 12.4. The Hall–Kier alpha value is -2.73. The second-order valence-corrected chi connectivity index (χ2v) is 5.21. The second-order valence-electron chi connectivity index (χ2n) is 4.30. The van der Waals surface area contributed by atoms with Crippen molar-refractivity contribution in [1.29, 1.82) is 0 Å². The van der Waals surface area contributed by atoms with Crippen LogP contribution in [0.15, 0.2) is 48.0 Å². The van der Waals surface area contributed by atoms with Crippen molar-refractivity contribution in [1.82, 2.24) is 4.98 Å². The van der Waals surface area contributed by atoms with E-state index in [2.05, 4.69) is 10.3 Å². The lowest BCUT2D eigenvalue weighted by atomic mass is 10.1. The van der Waals surface area contributed by atoms with Crippen molar-refractivity contribution in [3.8, 4) is 0 Å². The van der Waals surface area contributed by atoms with Crippen LogP contribution in [-0.4, -0.2) is 22.0 Å². The fourth-order valence-corrected chi connectivity index (χ4v) is 2.75. The van der Waals surface area contributed by atoms with E-state index in [1.54, 1.807) is 35.8 Å². The molecular weight excluding hydrogens is 288 g/mol. The minimum Gasteiger partial charge on any atom is -0.477 e. The molecule has 0 saturated heterocycles. The molecule has 0 saturated carbocycles. The number of hydrogen-bond donors (Lipinski definition) is 2. The summed E-state index contributed by atoms with van der Waals surface area (Å²) in [4.78, 5) is 27.7. The Balaban J connectivity index is 1.98. The highest BCUT2D eigenvalue weighted by Crippen LogP contribution is 2.24. The molecule has 3 rings (SSSR count). The van der Waals surface area contributed by atoms with Gasteiger partial charge in [-0.15, -0.1) is 11.3 Å². The average Bonchev–Trinajstić information content (AvgIpc) is 2.95. The van der Waals surface area contributed by atoms with Gasteiger partial charge in [-0.2, -0.15) is 0 Å². The summed E-state index contributed by atoms with van der Waals surface area (Å²) in [5.41, 5.74) is 1.48. The number of anilines is 1. The van der Waals surface area contributed by atoms with Crippen LogP contribution in [-0.2, 0) is 0 Å². The zero-order valence-electron chi connectivity index (χ0n) is 10.7. The molecule has 2 heterocycles. The molecule has 0 bridgehead atoms. The lowest BCUT2D eigenvalue weighted by Gasteiger charge is -2.07. The molecule has 0 atom stereocenters. The molecule has 0 unspecified atom stereocenters. The summed E-state index contributed by atoms with van der Waals surface area (Å²) in [6, 6.07) is 10.4. The van der Waals surface area contributed by atoms with E-state index < -0.39 is 5.97 Å². The first-order chi connectivity index (χ1) is 10.2. The van der Waals surface area contributed by atoms with E-state index in [1.165, 1.54) is 0 Å². The van der Waals surface area contributed by atoms with Crippen LogP contribution in [0.2, 0.25) is 0 Å². The summed E-state index contributed by atoms with van der Waals surface area (Å²) in [6.07, 6.45) is 1.66. The lowest BCUT2D eigenvalue weighted by Crippen LogP contribution is -2.14. The number of aromatic carboxylic acids is 1. The third kappa shape index (κ3) is 2.48. The van der Waals surface area contributed by atoms with Gasteiger partial charge in [0.1, 0.15) is 4.88 Å². The van der Waals surface area contributed by atoms with Crippen LogP contribution in [0.4, 0.5) is 5.69 Å². The molecule has 0 radical (unpaired) electrons. The van der Waals surface area contributed by atoms with Crippen LogP contribution >= 0.6 is 11.3 Å². The van der Waals surface area contributed by atoms with Crippen LogP contribution in [0.25, 0.3) is 10.9 Å². The van der Waals surface area contributed by atoms with Crippen molar-refractivity contribution < 1.29 is 14.7 Å². The Morgan fingerprint density at radius 2 is 2.00 bits per heavy atom. The minimum absolute atomic E-state index is 0.113. The molecule has 0 aliphatic rings. The first kappa shape index (κ1) is 13.3. The first-order valence-corrected chi connectivity index (χ1v) is 7.00. The monoisotopic (exact) mass is 298 g/mol. The van der Waals surface area contributed by atoms with Gasteiger partial charge in [-0.25, -0.2) is 4.79 Å².